The molecule has 2 nitrogen and oxygen atoms in total. The summed E-state index contributed by atoms with van der Waals surface area (Å²) in [5.74, 6) is 1.11. The van der Waals surface area contributed by atoms with Crippen molar-refractivity contribution in [3.63, 3.8) is 0 Å². The quantitative estimate of drug-likeness (QED) is 0.600. The molecule has 0 rings (SSSR count). The normalized spacial score (nSPS) is 16.4. The van der Waals surface area contributed by atoms with Crippen molar-refractivity contribution in [1.82, 2.24) is 0 Å². The van der Waals surface area contributed by atoms with Gasteiger partial charge in [-0.3, -0.25) is 0 Å². The zero-order chi connectivity index (χ0) is 8.69. The fraction of sp³-hybridized carbons (Fsp3) is 1.00. The summed E-state index contributed by atoms with van der Waals surface area (Å²) in [6.45, 7) is 4.35. The van der Waals surface area contributed by atoms with E-state index in [1.54, 1.807) is 0 Å². The predicted molar refractivity (Wildman–Crippen MR) is 51.9 cm³/mol. The SMILES string of the molecule is CC(N)CCCSC(C)CO. The average Bonchev–Trinajstić information content (AvgIpc) is 1.97. The lowest BCUT2D eigenvalue weighted by Crippen LogP contribution is -2.14. The predicted octanol–water partition coefficient (Wildman–Crippen LogP) is 1.23. The van der Waals surface area contributed by atoms with Crippen LogP contribution in [-0.2, 0) is 0 Å². The molecule has 0 aliphatic carbocycles. The van der Waals surface area contributed by atoms with E-state index in [2.05, 4.69) is 0 Å². The van der Waals surface area contributed by atoms with E-state index in [4.69, 9.17) is 10.8 Å². The molecule has 2 unspecified atom stereocenters. The Labute approximate surface area is 73.6 Å². The second-order valence-corrected chi connectivity index (χ2v) is 4.53. The second-order valence-electron chi connectivity index (χ2n) is 2.98. The molecular weight excluding hydrogens is 158 g/mol. The van der Waals surface area contributed by atoms with Crippen LogP contribution in [0.25, 0.3) is 0 Å². The summed E-state index contributed by atoms with van der Waals surface area (Å²) in [6.07, 6.45) is 2.25. The summed E-state index contributed by atoms with van der Waals surface area (Å²) >= 11 is 1.81. The minimum absolute atomic E-state index is 0.281. The van der Waals surface area contributed by atoms with Crippen LogP contribution >= 0.6 is 11.8 Å². The highest BCUT2D eigenvalue weighted by Crippen LogP contribution is 2.11. The monoisotopic (exact) mass is 177 g/mol. The molecule has 68 valence electrons. The van der Waals surface area contributed by atoms with Crippen LogP contribution in [0.3, 0.4) is 0 Å². The first-order chi connectivity index (χ1) is 5.16. The largest absolute Gasteiger partial charge is 0.395 e. The van der Waals surface area contributed by atoms with Crippen molar-refractivity contribution < 1.29 is 5.11 Å². The van der Waals surface area contributed by atoms with E-state index < -0.39 is 0 Å². The molecule has 0 bridgehead atoms. The number of aliphatic hydroxyl groups excluding tert-OH is 1. The van der Waals surface area contributed by atoms with Crippen LogP contribution in [0.15, 0.2) is 0 Å². The number of thioether (sulfide) groups is 1. The van der Waals surface area contributed by atoms with Crippen LogP contribution in [0.1, 0.15) is 26.7 Å². The summed E-state index contributed by atoms with van der Waals surface area (Å²) in [7, 11) is 0. The first-order valence-electron chi connectivity index (χ1n) is 4.15. The zero-order valence-corrected chi connectivity index (χ0v) is 8.23. The van der Waals surface area contributed by atoms with Crippen molar-refractivity contribution >= 4 is 11.8 Å². The number of hydrogen-bond donors (Lipinski definition) is 2. The Balaban J connectivity index is 3.01. The Morgan fingerprint density at radius 2 is 2.09 bits per heavy atom. The lowest BCUT2D eigenvalue weighted by atomic mass is 10.2. The molecule has 0 radical (unpaired) electrons. The van der Waals surface area contributed by atoms with Crippen LogP contribution in [0.2, 0.25) is 0 Å². The van der Waals surface area contributed by atoms with Gasteiger partial charge in [0.1, 0.15) is 0 Å². The van der Waals surface area contributed by atoms with Crippen LogP contribution in [0.4, 0.5) is 0 Å². The highest BCUT2D eigenvalue weighted by atomic mass is 32.2. The van der Waals surface area contributed by atoms with Crippen molar-refractivity contribution in [2.75, 3.05) is 12.4 Å². The van der Waals surface area contributed by atoms with Crippen molar-refractivity contribution in [3.05, 3.63) is 0 Å². The third-order valence-corrected chi connectivity index (χ3v) is 2.71. The average molecular weight is 177 g/mol. The minimum atomic E-state index is 0.281. The molecule has 0 aliphatic rings. The molecule has 0 aliphatic heterocycles. The maximum atomic E-state index is 8.70. The molecule has 2 atom stereocenters. The summed E-state index contributed by atoms with van der Waals surface area (Å²) in [6, 6.07) is 0.319. The molecule has 0 aromatic carbocycles. The van der Waals surface area contributed by atoms with Gasteiger partial charge in [0, 0.05) is 11.3 Å². The van der Waals surface area contributed by atoms with Gasteiger partial charge >= 0.3 is 0 Å². The van der Waals surface area contributed by atoms with E-state index in [-0.39, 0.29) is 6.61 Å². The van der Waals surface area contributed by atoms with Gasteiger partial charge in [-0.15, -0.1) is 0 Å². The first kappa shape index (κ1) is 11.3. The van der Waals surface area contributed by atoms with E-state index in [1.807, 2.05) is 25.6 Å². The van der Waals surface area contributed by atoms with Gasteiger partial charge in [-0.25, -0.2) is 0 Å². The van der Waals surface area contributed by atoms with Gasteiger partial charge in [0.15, 0.2) is 0 Å². The molecule has 3 N–H and O–H groups in total. The fourth-order valence-electron chi connectivity index (χ4n) is 0.743. The van der Waals surface area contributed by atoms with Crippen LogP contribution in [0, 0.1) is 0 Å². The Hall–Kier alpha value is 0.270. The highest BCUT2D eigenvalue weighted by molar-refractivity contribution is 7.99. The smallest absolute Gasteiger partial charge is 0.0547 e. The Morgan fingerprint density at radius 3 is 2.55 bits per heavy atom. The summed E-state index contributed by atoms with van der Waals surface area (Å²) < 4.78 is 0. The van der Waals surface area contributed by atoms with Gasteiger partial charge in [-0.2, -0.15) is 11.8 Å². The Bertz CT molecular complexity index is 88.2. The van der Waals surface area contributed by atoms with Crippen molar-refractivity contribution in [2.24, 2.45) is 5.73 Å². The Kier molecular flexibility index (Phi) is 7.12. The van der Waals surface area contributed by atoms with Gasteiger partial charge in [0.25, 0.3) is 0 Å². The number of hydrogen-bond acceptors (Lipinski definition) is 3. The second kappa shape index (κ2) is 6.95. The number of rotatable bonds is 6. The summed E-state index contributed by atoms with van der Waals surface area (Å²) in [5, 5.41) is 9.08. The molecule has 0 fully saturated rings. The van der Waals surface area contributed by atoms with E-state index in [1.165, 1.54) is 0 Å². The summed E-state index contributed by atoms with van der Waals surface area (Å²) in [4.78, 5) is 0. The number of aliphatic hydroxyl groups is 1. The van der Waals surface area contributed by atoms with E-state index in [9.17, 15) is 0 Å². The van der Waals surface area contributed by atoms with E-state index in [0.717, 1.165) is 18.6 Å². The molecule has 0 saturated heterocycles. The van der Waals surface area contributed by atoms with Gasteiger partial charge in [0.05, 0.1) is 6.61 Å². The van der Waals surface area contributed by atoms with Crippen LogP contribution in [-0.4, -0.2) is 28.8 Å². The van der Waals surface area contributed by atoms with Gasteiger partial charge < -0.3 is 10.8 Å². The molecule has 0 amide bonds. The van der Waals surface area contributed by atoms with E-state index in [0.29, 0.717) is 11.3 Å². The van der Waals surface area contributed by atoms with Crippen LogP contribution < -0.4 is 5.73 Å². The molecule has 0 spiro atoms. The maximum Gasteiger partial charge on any atom is 0.0547 e. The lowest BCUT2D eigenvalue weighted by Gasteiger charge is -2.08. The third-order valence-electron chi connectivity index (χ3n) is 1.46. The summed E-state index contributed by atoms with van der Waals surface area (Å²) in [5.41, 5.74) is 5.58. The molecule has 0 heterocycles. The Morgan fingerprint density at radius 1 is 1.45 bits per heavy atom. The molecule has 11 heavy (non-hydrogen) atoms. The van der Waals surface area contributed by atoms with Crippen molar-refractivity contribution in [2.45, 2.75) is 38.0 Å². The van der Waals surface area contributed by atoms with Gasteiger partial charge in [-0.1, -0.05) is 6.92 Å². The molecular formula is C8H19NOS. The highest BCUT2D eigenvalue weighted by Gasteiger charge is 1.99. The molecule has 0 aromatic heterocycles. The van der Waals surface area contributed by atoms with Crippen molar-refractivity contribution in [3.8, 4) is 0 Å². The molecule has 3 heteroatoms. The van der Waals surface area contributed by atoms with Crippen molar-refractivity contribution in [1.29, 1.82) is 0 Å². The molecule has 0 aromatic rings. The number of nitrogens with two attached hydrogens (primary N) is 1. The first-order valence-corrected chi connectivity index (χ1v) is 5.19. The third kappa shape index (κ3) is 8.17. The van der Waals surface area contributed by atoms with Crippen LogP contribution in [0.5, 0.6) is 0 Å². The standard InChI is InChI=1S/C8H19NOS/c1-7(9)4-3-5-11-8(2)6-10/h7-8,10H,3-6,9H2,1-2H3. The molecule has 0 saturated carbocycles. The lowest BCUT2D eigenvalue weighted by molar-refractivity contribution is 0.300. The van der Waals surface area contributed by atoms with Gasteiger partial charge in [-0.05, 0) is 25.5 Å². The topological polar surface area (TPSA) is 46.2 Å². The van der Waals surface area contributed by atoms with E-state index >= 15 is 0 Å². The zero-order valence-electron chi connectivity index (χ0n) is 7.42. The fourth-order valence-corrected chi connectivity index (χ4v) is 1.58. The van der Waals surface area contributed by atoms with Gasteiger partial charge in [0.2, 0.25) is 0 Å². The minimum Gasteiger partial charge on any atom is -0.395 e. The maximum absolute atomic E-state index is 8.70.